The van der Waals surface area contributed by atoms with E-state index in [2.05, 4.69) is 34.1 Å². The maximum atomic E-state index is 5.92. The van der Waals surface area contributed by atoms with Crippen molar-refractivity contribution >= 4 is 0 Å². The van der Waals surface area contributed by atoms with E-state index in [1.807, 2.05) is 11.7 Å². The third-order valence-corrected chi connectivity index (χ3v) is 3.84. The standard InChI is InChI=1S/C13H25N5O/c1-4-17-6-7-19-12(9-17)11(14-3)8-13-15-10-16-18(13)5-2/h10-12,14H,4-9H2,1-3H3. The molecule has 0 spiro atoms. The first kappa shape index (κ1) is 14.4. The summed E-state index contributed by atoms with van der Waals surface area (Å²) in [4.78, 5) is 6.79. The van der Waals surface area contributed by atoms with Gasteiger partial charge in [-0.3, -0.25) is 9.58 Å². The summed E-state index contributed by atoms with van der Waals surface area (Å²) < 4.78 is 7.87. The highest BCUT2D eigenvalue weighted by atomic mass is 16.5. The summed E-state index contributed by atoms with van der Waals surface area (Å²) in [6, 6.07) is 0.281. The second kappa shape index (κ2) is 6.98. The summed E-state index contributed by atoms with van der Waals surface area (Å²) in [5.74, 6) is 1.03. The van der Waals surface area contributed by atoms with Crippen molar-refractivity contribution in [1.82, 2.24) is 25.0 Å². The average molecular weight is 267 g/mol. The molecule has 2 rings (SSSR count). The van der Waals surface area contributed by atoms with E-state index in [-0.39, 0.29) is 12.1 Å². The fourth-order valence-corrected chi connectivity index (χ4v) is 2.59. The zero-order valence-corrected chi connectivity index (χ0v) is 12.2. The number of rotatable bonds is 6. The molecule has 1 fully saturated rings. The molecule has 0 radical (unpaired) electrons. The lowest BCUT2D eigenvalue weighted by Crippen LogP contribution is -2.52. The third-order valence-electron chi connectivity index (χ3n) is 3.84. The molecule has 6 nitrogen and oxygen atoms in total. The Balaban J connectivity index is 1.99. The van der Waals surface area contributed by atoms with Crippen LogP contribution >= 0.6 is 0 Å². The summed E-state index contributed by atoms with van der Waals surface area (Å²) in [6.45, 7) is 9.07. The van der Waals surface area contributed by atoms with Crippen LogP contribution in [0.4, 0.5) is 0 Å². The van der Waals surface area contributed by atoms with Crippen LogP contribution < -0.4 is 5.32 Å². The minimum Gasteiger partial charge on any atom is -0.374 e. The Kier molecular flexibility index (Phi) is 5.30. The van der Waals surface area contributed by atoms with Crippen LogP contribution in [0.15, 0.2) is 6.33 Å². The van der Waals surface area contributed by atoms with E-state index in [4.69, 9.17) is 4.74 Å². The number of hydrogen-bond acceptors (Lipinski definition) is 5. The van der Waals surface area contributed by atoms with Gasteiger partial charge in [-0.25, -0.2) is 4.98 Å². The van der Waals surface area contributed by atoms with Crippen molar-refractivity contribution in [3.8, 4) is 0 Å². The van der Waals surface area contributed by atoms with Gasteiger partial charge in [0.25, 0.3) is 0 Å². The zero-order valence-electron chi connectivity index (χ0n) is 12.2. The van der Waals surface area contributed by atoms with Gasteiger partial charge < -0.3 is 10.1 Å². The molecule has 2 unspecified atom stereocenters. The van der Waals surface area contributed by atoms with Crippen molar-refractivity contribution in [2.24, 2.45) is 0 Å². The van der Waals surface area contributed by atoms with Crippen molar-refractivity contribution < 1.29 is 4.74 Å². The van der Waals surface area contributed by atoms with Gasteiger partial charge in [0.15, 0.2) is 0 Å². The Hall–Kier alpha value is -0.980. The minimum absolute atomic E-state index is 0.223. The lowest BCUT2D eigenvalue weighted by molar-refractivity contribution is -0.0440. The normalized spacial score (nSPS) is 22.6. The number of hydrogen-bond donors (Lipinski definition) is 1. The van der Waals surface area contributed by atoms with Gasteiger partial charge in [0.2, 0.25) is 0 Å². The molecule has 6 heteroatoms. The molecule has 1 aromatic heterocycles. The third kappa shape index (κ3) is 3.52. The monoisotopic (exact) mass is 267 g/mol. The van der Waals surface area contributed by atoms with Crippen LogP contribution in [-0.2, 0) is 17.7 Å². The highest BCUT2D eigenvalue weighted by Gasteiger charge is 2.27. The number of aromatic nitrogens is 3. The summed E-state index contributed by atoms with van der Waals surface area (Å²) in [5.41, 5.74) is 0. The van der Waals surface area contributed by atoms with Crippen LogP contribution in [0.1, 0.15) is 19.7 Å². The van der Waals surface area contributed by atoms with E-state index >= 15 is 0 Å². The number of likely N-dealkylation sites (N-methyl/N-ethyl adjacent to an activating group) is 2. The SMILES string of the molecule is CCN1CCOC(C(Cc2ncnn2CC)NC)C1. The fourth-order valence-electron chi connectivity index (χ4n) is 2.59. The molecule has 1 aromatic rings. The Morgan fingerprint density at radius 3 is 3.00 bits per heavy atom. The molecular formula is C13H25N5O. The van der Waals surface area contributed by atoms with Gasteiger partial charge in [0, 0.05) is 32.1 Å². The molecule has 0 aliphatic carbocycles. The van der Waals surface area contributed by atoms with Gasteiger partial charge in [-0.1, -0.05) is 6.92 Å². The predicted molar refractivity (Wildman–Crippen MR) is 74.1 cm³/mol. The van der Waals surface area contributed by atoms with Gasteiger partial charge in [0.1, 0.15) is 12.2 Å². The molecule has 1 saturated heterocycles. The smallest absolute Gasteiger partial charge is 0.138 e. The largest absolute Gasteiger partial charge is 0.374 e. The lowest BCUT2D eigenvalue weighted by atomic mass is 10.1. The molecule has 0 bridgehead atoms. The number of ether oxygens (including phenoxy) is 1. The van der Waals surface area contributed by atoms with Crippen molar-refractivity contribution in [1.29, 1.82) is 0 Å². The minimum atomic E-state index is 0.223. The fraction of sp³-hybridized carbons (Fsp3) is 0.846. The van der Waals surface area contributed by atoms with Gasteiger partial charge in [-0.2, -0.15) is 5.10 Å². The molecule has 1 aliphatic heterocycles. The van der Waals surface area contributed by atoms with E-state index in [0.717, 1.165) is 45.0 Å². The van der Waals surface area contributed by atoms with E-state index in [1.165, 1.54) is 0 Å². The van der Waals surface area contributed by atoms with E-state index in [9.17, 15) is 0 Å². The van der Waals surface area contributed by atoms with Crippen molar-refractivity contribution in [2.75, 3.05) is 33.3 Å². The summed E-state index contributed by atoms with van der Waals surface area (Å²) in [6.07, 6.45) is 2.71. The van der Waals surface area contributed by atoms with Gasteiger partial charge >= 0.3 is 0 Å². The number of morpholine rings is 1. The molecule has 0 saturated carbocycles. The van der Waals surface area contributed by atoms with Crippen LogP contribution in [0.25, 0.3) is 0 Å². The first-order valence-corrected chi connectivity index (χ1v) is 7.16. The molecule has 1 N–H and O–H groups in total. The molecular weight excluding hydrogens is 242 g/mol. The average Bonchev–Trinajstić information content (AvgIpc) is 2.92. The molecule has 2 atom stereocenters. The van der Waals surface area contributed by atoms with Crippen LogP contribution in [0.2, 0.25) is 0 Å². The topological polar surface area (TPSA) is 55.2 Å². The van der Waals surface area contributed by atoms with E-state index in [1.54, 1.807) is 6.33 Å². The van der Waals surface area contributed by atoms with E-state index < -0.39 is 0 Å². The molecule has 0 amide bonds. The Morgan fingerprint density at radius 1 is 1.47 bits per heavy atom. The molecule has 0 aromatic carbocycles. The summed E-state index contributed by atoms with van der Waals surface area (Å²) in [7, 11) is 1.99. The molecule has 108 valence electrons. The highest BCUT2D eigenvalue weighted by molar-refractivity contribution is 4.94. The van der Waals surface area contributed by atoms with Crippen LogP contribution in [-0.4, -0.2) is 65.1 Å². The summed E-state index contributed by atoms with van der Waals surface area (Å²) in [5, 5.41) is 7.60. The zero-order chi connectivity index (χ0) is 13.7. The van der Waals surface area contributed by atoms with Crippen molar-refractivity contribution in [2.45, 2.75) is 39.0 Å². The Labute approximate surface area is 115 Å². The molecule has 2 heterocycles. The lowest BCUT2D eigenvalue weighted by Gasteiger charge is -2.36. The van der Waals surface area contributed by atoms with Gasteiger partial charge in [0.05, 0.1) is 12.7 Å². The first-order valence-electron chi connectivity index (χ1n) is 7.16. The Morgan fingerprint density at radius 2 is 2.32 bits per heavy atom. The second-order valence-corrected chi connectivity index (χ2v) is 4.89. The van der Waals surface area contributed by atoms with E-state index in [0.29, 0.717) is 0 Å². The molecule has 1 aliphatic rings. The van der Waals surface area contributed by atoms with Gasteiger partial charge in [-0.05, 0) is 20.5 Å². The van der Waals surface area contributed by atoms with Crippen molar-refractivity contribution in [3.05, 3.63) is 12.2 Å². The predicted octanol–water partition coefficient (Wildman–Crippen LogP) is 0.149. The maximum Gasteiger partial charge on any atom is 0.138 e. The number of nitrogens with zero attached hydrogens (tertiary/aromatic N) is 4. The number of aryl methyl sites for hydroxylation is 1. The highest BCUT2D eigenvalue weighted by Crippen LogP contribution is 2.12. The quantitative estimate of drug-likeness (QED) is 0.795. The Bertz CT molecular complexity index is 381. The number of nitrogens with one attached hydrogen (secondary N) is 1. The van der Waals surface area contributed by atoms with Crippen LogP contribution in [0.5, 0.6) is 0 Å². The van der Waals surface area contributed by atoms with Gasteiger partial charge in [-0.15, -0.1) is 0 Å². The summed E-state index contributed by atoms with van der Waals surface area (Å²) >= 11 is 0. The van der Waals surface area contributed by atoms with Crippen LogP contribution in [0, 0.1) is 0 Å². The first-order chi connectivity index (χ1) is 9.28. The maximum absolute atomic E-state index is 5.92. The van der Waals surface area contributed by atoms with Crippen molar-refractivity contribution in [3.63, 3.8) is 0 Å². The van der Waals surface area contributed by atoms with Crippen LogP contribution in [0.3, 0.4) is 0 Å². The molecule has 19 heavy (non-hydrogen) atoms. The second-order valence-electron chi connectivity index (χ2n) is 4.89.